The minimum atomic E-state index is -2.96. The van der Waals surface area contributed by atoms with Crippen LogP contribution in [0.1, 0.15) is 0 Å². The van der Waals surface area contributed by atoms with Gasteiger partial charge in [-0.15, -0.1) is 0 Å². The molecule has 0 aromatic carbocycles. The Bertz CT molecular complexity index is 41.3. The number of ether oxygens (including phenoxy) is 1. The fraction of sp³-hybridized carbons (Fsp3) is 1.00. The van der Waals surface area contributed by atoms with E-state index in [1.54, 1.807) is 0 Å². The van der Waals surface area contributed by atoms with Crippen LogP contribution in [0.2, 0.25) is 0 Å². The summed E-state index contributed by atoms with van der Waals surface area (Å²) in [7, 11) is 1.65. The van der Waals surface area contributed by atoms with Gasteiger partial charge in [0.1, 0.15) is 0 Å². The minimum absolute atomic E-state index is 0.688. The van der Waals surface area contributed by atoms with Crippen molar-refractivity contribution in [2.24, 2.45) is 0 Å². The number of methoxy groups -OCH3 is 1. The summed E-state index contributed by atoms with van der Waals surface area (Å²) in [5.74, 6) is 0. The van der Waals surface area contributed by atoms with Crippen LogP contribution in [-0.2, 0) is 4.74 Å². The lowest BCUT2D eigenvalue weighted by Crippen LogP contribution is -2.17. The fourth-order valence-corrected chi connectivity index (χ4v) is 0. The molecule has 36 valence electrons. The molecule has 4 heteroatoms. The summed E-state index contributed by atoms with van der Waals surface area (Å²) in [6, 6.07) is -2.96. The van der Waals surface area contributed by atoms with E-state index < -0.39 is 6.01 Å². The summed E-state index contributed by atoms with van der Waals surface area (Å²) < 4.78 is 26.1. The molecule has 0 aliphatic rings. The van der Waals surface area contributed by atoms with Crippen molar-refractivity contribution in [3.63, 3.8) is 0 Å². The zero-order valence-electron chi connectivity index (χ0n) is 3.66. The molecule has 0 spiro atoms. The second kappa shape index (κ2) is 1.56. The van der Waals surface area contributed by atoms with Crippen LogP contribution in [0.5, 0.6) is 0 Å². The van der Waals surface area contributed by atoms with Crippen LogP contribution in [0.25, 0.3) is 0 Å². The third-order valence-electron chi connectivity index (χ3n) is 0.358. The summed E-state index contributed by atoms with van der Waals surface area (Å²) in [4.78, 5) is 0. The van der Waals surface area contributed by atoms with E-state index in [0.717, 1.165) is 7.11 Å². The van der Waals surface area contributed by atoms with E-state index in [-0.39, 0.29) is 0 Å². The van der Waals surface area contributed by atoms with Gasteiger partial charge in [0.2, 0.25) is 7.85 Å². The van der Waals surface area contributed by atoms with Gasteiger partial charge in [-0.25, -0.2) is 0 Å². The van der Waals surface area contributed by atoms with Gasteiger partial charge in [0.25, 0.3) is 0 Å². The zero-order valence-corrected chi connectivity index (χ0v) is 3.66. The lowest BCUT2D eigenvalue weighted by molar-refractivity contribution is -0.149. The highest BCUT2D eigenvalue weighted by atomic mass is 19.3. The molecule has 0 heterocycles. The predicted molar refractivity (Wildman–Crippen MR) is 20.5 cm³/mol. The maximum absolute atomic E-state index is 11.2. The van der Waals surface area contributed by atoms with E-state index >= 15 is 0 Å². The first kappa shape index (κ1) is 5.88. The molecule has 0 aliphatic heterocycles. The maximum Gasteiger partial charge on any atom is 0.303 e. The molecule has 0 amide bonds. The highest BCUT2D eigenvalue weighted by Gasteiger charge is 2.17. The molecule has 0 rings (SSSR count). The Morgan fingerprint density at radius 2 is 1.83 bits per heavy atom. The predicted octanol–water partition coefficient (Wildman–Crippen LogP) is -0.184. The average molecular weight is 93.9 g/mol. The normalized spacial score (nSPS) is 11.8. The fourth-order valence-electron chi connectivity index (χ4n) is 0. The molecular weight excluding hydrogens is 88.8 g/mol. The van der Waals surface area contributed by atoms with Gasteiger partial charge in [-0.05, 0) is 0 Å². The van der Waals surface area contributed by atoms with Gasteiger partial charge >= 0.3 is 6.01 Å². The first-order chi connectivity index (χ1) is 2.56. The van der Waals surface area contributed by atoms with Gasteiger partial charge in [-0.1, -0.05) is 0 Å². The van der Waals surface area contributed by atoms with Gasteiger partial charge in [0.15, 0.2) is 0 Å². The van der Waals surface area contributed by atoms with Gasteiger partial charge in [0, 0.05) is 7.11 Å². The summed E-state index contributed by atoms with van der Waals surface area (Å²) in [5.41, 5.74) is 0. The summed E-state index contributed by atoms with van der Waals surface area (Å²) in [6.07, 6.45) is 0. The van der Waals surface area contributed by atoms with Crippen molar-refractivity contribution in [3.05, 3.63) is 0 Å². The van der Waals surface area contributed by atoms with Crippen molar-refractivity contribution in [1.82, 2.24) is 0 Å². The van der Waals surface area contributed by atoms with Crippen LogP contribution in [0.4, 0.5) is 8.78 Å². The van der Waals surface area contributed by atoms with Crippen molar-refractivity contribution in [1.29, 1.82) is 0 Å². The quantitative estimate of drug-likeness (QED) is 0.409. The van der Waals surface area contributed by atoms with Crippen molar-refractivity contribution < 1.29 is 13.5 Å². The Labute approximate surface area is 35.7 Å². The van der Waals surface area contributed by atoms with Crippen LogP contribution in [-0.4, -0.2) is 21.0 Å². The van der Waals surface area contributed by atoms with Crippen LogP contribution < -0.4 is 0 Å². The second-order valence-corrected chi connectivity index (χ2v) is 1.01. The molecule has 6 heavy (non-hydrogen) atoms. The van der Waals surface area contributed by atoms with Gasteiger partial charge in [-0.3, -0.25) is 0 Å². The number of hydrogen-bond donors (Lipinski definition) is 0. The summed E-state index contributed by atoms with van der Waals surface area (Å²) >= 11 is 0. The van der Waals surface area contributed by atoms with E-state index in [4.69, 9.17) is 0 Å². The van der Waals surface area contributed by atoms with Gasteiger partial charge < -0.3 is 4.74 Å². The Balaban J connectivity index is 3.17. The first-order valence-electron chi connectivity index (χ1n) is 1.49. The van der Waals surface area contributed by atoms with Crippen molar-refractivity contribution >= 4 is 7.85 Å². The molecule has 1 nitrogen and oxygen atoms in total. The Morgan fingerprint density at radius 3 is 1.83 bits per heavy atom. The molecule has 0 unspecified atom stereocenters. The highest BCUT2D eigenvalue weighted by molar-refractivity contribution is 6.12. The molecule has 0 aromatic heterocycles. The molecule has 0 bridgehead atoms. The van der Waals surface area contributed by atoms with Crippen LogP contribution in [0, 0.1) is 0 Å². The number of alkyl halides is 2. The second-order valence-electron chi connectivity index (χ2n) is 1.01. The molecule has 0 aliphatic carbocycles. The van der Waals surface area contributed by atoms with E-state index in [1.807, 2.05) is 0 Å². The largest absolute Gasteiger partial charge is 0.333 e. The van der Waals surface area contributed by atoms with Crippen LogP contribution in [0.15, 0.2) is 0 Å². The first-order valence-corrected chi connectivity index (χ1v) is 1.49. The molecule has 0 radical (unpaired) electrons. The smallest absolute Gasteiger partial charge is 0.303 e. The highest BCUT2D eigenvalue weighted by Crippen LogP contribution is 2.04. The number of hydrogen-bond acceptors (Lipinski definition) is 1. The van der Waals surface area contributed by atoms with Gasteiger partial charge in [-0.2, -0.15) is 8.78 Å². The van der Waals surface area contributed by atoms with Crippen molar-refractivity contribution in [3.8, 4) is 0 Å². The molecule has 0 saturated carbocycles. The molecule has 0 atom stereocenters. The lowest BCUT2D eigenvalue weighted by atomic mass is 10.1. The van der Waals surface area contributed by atoms with Crippen molar-refractivity contribution in [2.75, 3.05) is 7.11 Å². The SMILES string of the molecule is BC(F)(F)OC. The molecule has 0 N–H and O–H groups in total. The van der Waals surface area contributed by atoms with E-state index in [0.29, 0.717) is 7.85 Å². The third kappa shape index (κ3) is 3.88. The monoisotopic (exact) mass is 94.0 g/mol. The standard InChI is InChI=1S/C2H5BF2O/c1-6-2(3,4)5/h3H2,1H3. The molecule has 0 aromatic rings. The molecule has 0 saturated heterocycles. The summed E-state index contributed by atoms with van der Waals surface area (Å²) in [5, 5.41) is 0. The molecule has 0 fully saturated rings. The maximum atomic E-state index is 11.2. The number of halogens is 2. The van der Waals surface area contributed by atoms with E-state index in [2.05, 4.69) is 4.74 Å². The Morgan fingerprint density at radius 1 is 1.67 bits per heavy atom. The van der Waals surface area contributed by atoms with Crippen molar-refractivity contribution in [2.45, 2.75) is 6.01 Å². The van der Waals surface area contributed by atoms with Gasteiger partial charge in [0.05, 0.1) is 0 Å². The van der Waals surface area contributed by atoms with E-state index in [9.17, 15) is 8.78 Å². The Kier molecular flexibility index (Phi) is 1.53. The van der Waals surface area contributed by atoms with Crippen LogP contribution >= 0.6 is 0 Å². The minimum Gasteiger partial charge on any atom is -0.333 e. The zero-order chi connectivity index (χ0) is 5.21. The number of rotatable bonds is 1. The Hall–Kier alpha value is -0.115. The molecular formula is C2H5BF2O. The summed E-state index contributed by atoms with van der Waals surface area (Å²) in [6.45, 7) is 0. The van der Waals surface area contributed by atoms with E-state index in [1.165, 1.54) is 0 Å². The average Bonchev–Trinajstić information content (AvgIpc) is 1.35. The van der Waals surface area contributed by atoms with Crippen LogP contribution in [0.3, 0.4) is 0 Å². The topological polar surface area (TPSA) is 9.23 Å². The lowest BCUT2D eigenvalue weighted by Gasteiger charge is -2.04. The third-order valence-corrected chi connectivity index (χ3v) is 0.358.